The highest BCUT2D eigenvalue weighted by Crippen LogP contribution is 2.34. The SMILES string of the molecule is [C-]#[N+]c1ccc(NC(C(=O)O)C(O)c2ccccc2)c(C)c1Cl. The first kappa shape index (κ1) is 16.8. The predicted octanol–water partition coefficient (Wildman–Crippen LogP) is 3.80. The van der Waals surface area contributed by atoms with E-state index in [1.807, 2.05) is 0 Å². The predicted molar refractivity (Wildman–Crippen MR) is 88.9 cm³/mol. The highest BCUT2D eigenvalue weighted by molar-refractivity contribution is 6.34. The lowest BCUT2D eigenvalue weighted by Crippen LogP contribution is -2.35. The number of aliphatic hydroxyl groups is 1. The molecule has 0 aliphatic heterocycles. The molecule has 0 heterocycles. The van der Waals surface area contributed by atoms with Gasteiger partial charge in [-0.2, -0.15) is 0 Å². The second kappa shape index (κ2) is 7.14. The van der Waals surface area contributed by atoms with Gasteiger partial charge in [0.05, 0.1) is 11.6 Å². The number of carboxylic acid groups (broad SMARTS) is 1. The molecule has 2 rings (SSSR count). The second-order valence-corrected chi connectivity index (χ2v) is 5.38. The van der Waals surface area contributed by atoms with Crippen LogP contribution in [0, 0.1) is 13.5 Å². The van der Waals surface area contributed by atoms with E-state index in [1.54, 1.807) is 43.3 Å². The minimum atomic E-state index is -1.24. The van der Waals surface area contributed by atoms with E-state index in [2.05, 4.69) is 10.2 Å². The smallest absolute Gasteiger partial charge is 0.329 e. The number of carbonyl (C=O) groups is 1. The van der Waals surface area contributed by atoms with E-state index in [9.17, 15) is 15.0 Å². The largest absolute Gasteiger partial charge is 0.480 e. The van der Waals surface area contributed by atoms with Crippen LogP contribution in [-0.2, 0) is 4.79 Å². The van der Waals surface area contributed by atoms with Crippen molar-refractivity contribution in [3.05, 3.63) is 70.0 Å². The number of aliphatic carboxylic acids is 1. The van der Waals surface area contributed by atoms with Crippen molar-refractivity contribution in [2.45, 2.75) is 19.1 Å². The Labute approximate surface area is 139 Å². The Balaban J connectivity index is 2.33. The molecule has 6 heteroatoms. The Morgan fingerprint density at radius 3 is 2.48 bits per heavy atom. The van der Waals surface area contributed by atoms with Crippen molar-refractivity contribution in [1.29, 1.82) is 0 Å². The van der Waals surface area contributed by atoms with Gasteiger partial charge in [0.25, 0.3) is 0 Å². The number of hydrogen-bond donors (Lipinski definition) is 3. The van der Waals surface area contributed by atoms with Crippen LogP contribution in [-0.4, -0.2) is 22.2 Å². The zero-order valence-electron chi connectivity index (χ0n) is 12.3. The Kier molecular flexibility index (Phi) is 5.22. The number of rotatable bonds is 5. The normalized spacial score (nSPS) is 13.0. The zero-order chi connectivity index (χ0) is 17.0. The molecule has 118 valence electrons. The molecule has 0 saturated carbocycles. The van der Waals surface area contributed by atoms with Crippen LogP contribution >= 0.6 is 11.6 Å². The molecule has 5 nitrogen and oxygen atoms in total. The summed E-state index contributed by atoms with van der Waals surface area (Å²) in [6.07, 6.45) is -1.23. The summed E-state index contributed by atoms with van der Waals surface area (Å²) < 4.78 is 0. The van der Waals surface area contributed by atoms with Gasteiger partial charge in [-0.15, -0.1) is 0 Å². The van der Waals surface area contributed by atoms with Gasteiger partial charge in [-0.05, 0) is 24.1 Å². The van der Waals surface area contributed by atoms with Gasteiger partial charge in [0.15, 0.2) is 6.04 Å². The summed E-state index contributed by atoms with van der Waals surface area (Å²) in [5.41, 5.74) is 1.82. The number of hydrogen-bond acceptors (Lipinski definition) is 3. The molecule has 0 saturated heterocycles. The number of halogens is 1. The third-order valence-electron chi connectivity index (χ3n) is 3.52. The number of benzene rings is 2. The van der Waals surface area contributed by atoms with Crippen LogP contribution < -0.4 is 5.32 Å². The first-order valence-corrected chi connectivity index (χ1v) is 7.22. The van der Waals surface area contributed by atoms with E-state index in [0.29, 0.717) is 22.5 Å². The molecule has 23 heavy (non-hydrogen) atoms. The Hall–Kier alpha value is -2.55. The molecule has 2 unspecified atom stereocenters. The summed E-state index contributed by atoms with van der Waals surface area (Å²) in [4.78, 5) is 14.8. The minimum absolute atomic E-state index is 0.267. The van der Waals surface area contributed by atoms with Crippen LogP contribution in [0.3, 0.4) is 0 Å². The van der Waals surface area contributed by atoms with Crippen molar-refractivity contribution < 1.29 is 15.0 Å². The van der Waals surface area contributed by atoms with Crippen LogP contribution in [0.4, 0.5) is 11.4 Å². The van der Waals surface area contributed by atoms with Gasteiger partial charge in [-0.3, -0.25) is 0 Å². The Morgan fingerprint density at radius 1 is 1.26 bits per heavy atom. The van der Waals surface area contributed by atoms with Gasteiger partial charge in [0.1, 0.15) is 6.10 Å². The van der Waals surface area contributed by atoms with Gasteiger partial charge < -0.3 is 15.5 Å². The van der Waals surface area contributed by atoms with Crippen molar-refractivity contribution in [2.24, 2.45) is 0 Å². The molecule has 2 atom stereocenters. The molecule has 2 aromatic carbocycles. The van der Waals surface area contributed by atoms with E-state index >= 15 is 0 Å². The summed E-state index contributed by atoms with van der Waals surface area (Å²) in [7, 11) is 0. The summed E-state index contributed by atoms with van der Waals surface area (Å²) in [5, 5.41) is 22.8. The maximum Gasteiger partial charge on any atom is 0.329 e. The molecule has 0 aromatic heterocycles. The fourth-order valence-electron chi connectivity index (χ4n) is 2.20. The first-order chi connectivity index (χ1) is 11.0. The number of aliphatic hydroxyl groups excluding tert-OH is 1. The molecule has 0 spiro atoms. The Bertz CT molecular complexity index is 756. The lowest BCUT2D eigenvalue weighted by Gasteiger charge is -2.23. The summed E-state index contributed by atoms with van der Waals surface area (Å²) in [6, 6.07) is 10.4. The molecule has 0 radical (unpaired) electrons. The van der Waals surface area contributed by atoms with Gasteiger partial charge in [-0.1, -0.05) is 48.0 Å². The van der Waals surface area contributed by atoms with Crippen molar-refractivity contribution in [3.8, 4) is 0 Å². The summed E-state index contributed by atoms with van der Waals surface area (Å²) >= 11 is 6.09. The fraction of sp³-hybridized carbons (Fsp3) is 0.176. The molecule has 0 aliphatic carbocycles. The van der Waals surface area contributed by atoms with E-state index in [4.69, 9.17) is 18.2 Å². The lowest BCUT2D eigenvalue weighted by atomic mass is 10.0. The van der Waals surface area contributed by atoms with E-state index < -0.39 is 18.1 Å². The first-order valence-electron chi connectivity index (χ1n) is 6.84. The number of nitrogens with one attached hydrogen (secondary N) is 1. The van der Waals surface area contributed by atoms with Crippen molar-refractivity contribution in [3.63, 3.8) is 0 Å². The fourth-order valence-corrected chi connectivity index (χ4v) is 2.41. The van der Waals surface area contributed by atoms with E-state index in [-0.39, 0.29) is 5.02 Å². The number of anilines is 1. The van der Waals surface area contributed by atoms with Crippen molar-refractivity contribution >= 4 is 28.9 Å². The van der Waals surface area contributed by atoms with Gasteiger partial charge in [-0.25, -0.2) is 9.64 Å². The minimum Gasteiger partial charge on any atom is -0.480 e. The Morgan fingerprint density at radius 2 is 1.91 bits per heavy atom. The standard InChI is InChI=1S/C17H15ClN2O3/c1-10-12(8-9-13(19-2)14(10)18)20-15(17(22)23)16(21)11-6-4-3-5-7-11/h3-9,15-16,20-21H,1H3,(H,22,23). The molecule has 0 amide bonds. The van der Waals surface area contributed by atoms with Gasteiger partial charge in [0, 0.05) is 5.69 Å². The van der Waals surface area contributed by atoms with Crippen LogP contribution in [0.2, 0.25) is 5.02 Å². The molecular formula is C17H15ClN2O3. The zero-order valence-corrected chi connectivity index (χ0v) is 13.1. The number of carboxylic acids is 1. The van der Waals surface area contributed by atoms with Crippen LogP contribution in [0.5, 0.6) is 0 Å². The third kappa shape index (κ3) is 3.62. The van der Waals surface area contributed by atoms with E-state index in [0.717, 1.165) is 0 Å². The average Bonchev–Trinajstić information content (AvgIpc) is 2.56. The molecule has 0 aliphatic rings. The van der Waals surface area contributed by atoms with Crippen LogP contribution in [0.25, 0.3) is 4.85 Å². The molecule has 3 N–H and O–H groups in total. The second-order valence-electron chi connectivity index (χ2n) is 5.00. The van der Waals surface area contributed by atoms with Gasteiger partial charge in [0.2, 0.25) is 5.69 Å². The van der Waals surface area contributed by atoms with Gasteiger partial charge >= 0.3 is 5.97 Å². The highest BCUT2D eigenvalue weighted by Gasteiger charge is 2.28. The highest BCUT2D eigenvalue weighted by atomic mass is 35.5. The van der Waals surface area contributed by atoms with E-state index in [1.165, 1.54) is 6.07 Å². The topological polar surface area (TPSA) is 73.9 Å². The summed E-state index contributed by atoms with van der Waals surface area (Å²) in [6.45, 7) is 8.72. The number of nitrogens with zero attached hydrogens (tertiary/aromatic N) is 1. The molecule has 0 bridgehead atoms. The van der Waals surface area contributed by atoms with Crippen molar-refractivity contribution in [2.75, 3.05) is 5.32 Å². The third-order valence-corrected chi connectivity index (χ3v) is 4.00. The van der Waals surface area contributed by atoms with Crippen LogP contribution in [0.1, 0.15) is 17.2 Å². The molecule has 0 fully saturated rings. The van der Waals surface area contributed by atoms with Crippen molar-refractivity contribution in [1.82, 2.24) is 0 Å². The summed E-state index contributed by atoms with van der Waals surface area (Å²) in [5.74, 6) is -1.19. The average molecular weight is 331 g/mol. The maximum atomic E-state index is 11.5. The molecular weight excluding hydrogens is 316 g/mol. The monoisotopic (exact) mass is 330 g/mol. The molecule has 2 aromatic rings. The quantitative estimate of drug-likeness (QED) is 0.729. The van der Waals surface area contributed by atoms with Crippen LogP contribution in [0.15, 0.2) is 42.5 Å². The lowest BCUT2D eigenvalue weighted by molar-refractivity contribution is -0.140. The maximum absolute atomic E-state index is 11.5.